The number of methoxy groups -OCH3 is 1. The second-order valence-electron chi connectivity index (χ2n) is 5.10. The van der Waals surface area contributed by atoms with Crippen LogP contribution in [0.25, 0.3) is 0 Å². The molecule has 0 fully saturated rings. The van der Waals surface area contributed by atoms with E-state index in [1.165, 1.54) is 6.33 Å². The number of amides is 3. The lowest BCUT2D eigenvalue weighted by Crippen LogP contribution is -3.08. The van der Waals surface area contributed by atoms with Gasteiger partial charge in [-0.3, -0.25) is 4.79 Å². The Bertz CT molecular complexity index is 753. The average molecular weight is 316 g/mol. The summed E-state index contributed by atoms with van der Waals surface area (Å²) in [6, 6.07) is 6.53. The molecule has 23 heavy (non-hydrogen) atoms. The van der Waals surface area contributed by atoms with Crippen molar-refractivity contribution in [1.29, 1.82) is 0 Å². The third-order valence-electron chi connectivity index (χ3n) is 3.77. The molecular weight excluding hydrogens is 300 g/mol. The van der Waals surface area contributed by atoms with Crippen molar-refractivity contribution in [2.75, 3.05) is 13.7 Å². The van der Waals surface area contributed by atoms with Crippen molar-refractivity contribution in [3.8, 4) is 5.75 Å². The highest BCUT2D eigenvalue weighted by Gasteiger charge is 2.41. The monoisotopic (exact) mass is 316 g/mol. The molecule has 0 aliphatic carbocycles. The second-order valence-corrected chi connectivity index (χ2v) is 5.10. The van der Waals surface area contributed by atoms with Gasteiger partial charge in [0.2, 0.25) is 0 Å². The van der Waals surface area contributed by atoms with Gasteiger partial charge in [-0.1, -0.05) is 12.1 Å². The Labute approximate surface area is 132 Å². The molecule has 0 radical (unpaired) electrons. The first-order chi connectivity index (χ1) is 11.1. The van der Waals surface area contributed by atoms with Crippen LogP contribution in [0.4, 0.5) is 10.6 Å². The van der Waals surface area contributed by atoms with E-state index < -0.39 is 17.0 Å². The van der Waals surface area contributed by atoms with Crippen LogP contribution in [-0.4, -0.2) is 40.0 Å². The van der Waals surface area contributed by atoms with Gasteiger partial charge in [-0.2, -0.15) is 4.98 Å². The zero-order valence-electron chi connectivity index (χ0n) is 12.8. The number of ether oxygens (including phenoxy) is 1. The summed E-state index contributed by atoms with van der Waals surface area (Å²) >= 11 is 0. The van der Waals surface area contributed by atoms with Gasteiger partial charge in [0.1, 0.15) is 12.1 Å². The largest absolute Gasteiger partial charge is 0.619 e. The van der Waals surface area contributed by atoms with E-state index in [2.05, 4.69) is 4.98 Å². The van der Waals surface area contributed by atoms with Crippen LogP contribution in [-0.2, 0) is 6.54 Å². The van der Waals surface area contributed by atoms with E-state index in [9.17, 15) is 14.8 Å². The predicted molar refractivity (Wildman–Crippen MR) is 80.4 cm³/mol. The van der Waals surface area contributed by atoms with Crippen molar-refractivity contribution in [3.05, 3.63) is 47.1 Å². The topological polar surface area (TPSA) is 91.9 Å². The first-order valence-corrected chi connectivity index (χ1v) is 7.15. The minimum Gasteiger partial charge on any atom is -0.619 e. The van der Waals surface area contributed by atoms with Crippen molar-refractivity contribution >= 4 is 17.8 Å². The van der Waals surface area contributed by atoms with Crippen LogP contribution < -0.4 is 9.80 Å². The standard InChI is InChI=1S/C15H16N4O4/c1-3-18-14(20)12-13(19(22)15(18)21)16-9-17(12)8-10-4-6-11(23-2)7-5-10/h4-7,9,19H,3,8H2,1-2H3. The van der Waals surface area contributed by atoms with E-state index in [1.807, 2.05) is 24.3 Å². The summed E-state index contributed by atoms with van der Waals surface area (Å²) < 4.78 is 6.69. The lowest BCUT2D eigenvalue weighted by Gasteiger charge is -2.29. The van der Waals surface area contributed by atoms with Gasteiger partial charge in [-0.05, 0) is 24.6 Å². The molecule has 3 rings (SSSR count). The third-order valence-corrected chi connectivity index (χ3v) is 3.77. The maximum atomic E-state index is 12.4. The summed E-state index contributed by atoms with van der Waals surface area (Å²) in [6.45, 7) is 2.17. The summed E-state index contributed by atoms with van der Waals surface area (Å²) in [7, 11) is 1.59. The van der Waals surface area contributed by atoms with Crippen LogP contribution in [0.15, 0.2) is 30.6 Å². The predicted octanol–water partition coefficient (Wildman–Crippen LogP) is 0.550. The SMILES string of the molecule is CCN1C(=O)c2c(ncn2Cc2ccc(OC)cc2)[NH+]([O-])C1=O. The molecule has 1 atom stereocenters. The molecule has 1 aromatic heterocycles. The molecule has 1 aliphatic rings. The molecule has 8 heteroatoms. The number of aromatic nitrogens is 2. The summed E-state index contributed by atoms with van der Waals surface area (Å²) in [5.41, 5.74) is 1.08. The molecule has 0 saturated heterocycles. The van der Waals surface area contributed by atoms with E-state index in [0.29, 0.717) is 6.54 Å². The highest BCUT2D eigenvalue weighted by atomic mass is 16.5. The second kappa shape index (κ2) is 5.82. The number of hydrogen-bond donors (Lipinski definition) is 1. The normalized spacial score (nSPS) is 17.3. The number of nitrogens with one attached hydrogen (secondary N) is 1. The van der Waals surface area contributed by atoms with Crippen LogP contribution in [0.5, 0.6) is 5.75 Å². The van der Waals surface area contributed by atoms with E-state index in [0.717, 1.165) is 16.2 Å². The van der Waals surface area contributed by atoms with E-state index in [-0.39, 0.29) is 18.1 Å². The van der Waals surface area contributed by atoms with Crippen molar-refractivity contribution in [2.45, 2.75) is 13.5 Å². The first-order valence-electron chi connectivity index (χ1n) is 7.15. The van der Waals surface area contributed by atoms with Gasteiger partial charge in [-0.15, -0.1) is 0 Å². The molecule has 1 unspecified atom stereocenters. The summed E-state index contributed by atoms with van der Waals surface area (Å²) in [6.07, 6.45) is 1.41. The molecule has 2 heterocycles. The number of nitrogens with zero attached hydrogens (tertiary/aromatic N) is 3. The van der Waals surface area contributed by atoms with Gasteiger partial charge < -0.3 is 14.5 Å². The van der Waals surface area contributed by atoms with Gasteiger partial charge in [0.05, 0.1) is 7.11 Å². The Morgan fingerprint density at radius 1 is 1.26 bits per heavy atom. The maximum Gasteiger partial charge on any atom is 0.430 e. The Kier molecular flexibility index (Phi) is 3.85. The van der Waals surface area contributed by atoms with Crippen LogP contribution in [0.1, 0.15) is 23.0 Å². The fraction of sp³-hybridized carbons (Fsp3) is 0.267. The van der Waals surface area contributed by atoms with Crippen LogP contribution in [0.3, 0.4) is 0 Å². The lowest BCUT2D eigenvalue weighted by atomic mass is 10.2. The summed E-state index contributed by atoms with van der Waals surface area (Å²) in [5, 5.41) is 11.3. The Balaban J connectivity index is 1.95. The zero-order chi connectivity index (χ0) is 16.6. The van der Waals surface area contributed by atoms with E-state index in [1.54, 1.807) is 18.6 Å². The number of urea groups is 1. The molecule has 0 bridgehead atoms. The van der Waals surface area contributed by atoms with Crippen LogP contribution in [0.2, 0.25) is 0 Å². The number of imidazole rings is 1. The van der Waals surface area contributed by atoms with E-state index in [4.69, 9.17) is 4.74 Å². The Hall–Kier alpha value is -2.71. The van der Waals surface area contributed by atoms with Gasteiger partial charge >= 0.3 is 6.03 Å². The molecule has 0 saturated carbocycles. The number of quaternary nitrogens is 1. The van der Waals surface area contributed by atoms with Gasteiger partial charge in [0.15, 0.2) is 5.69 Å². The highest BCUT2D eigenvalue weighted by molar-refractivity contribution is 6.06. The first kappa shape index (κ1) is 15.2. The minimum absolute atomic E-state index is 0.0711. The quantitative estimate of drug-likeness (QED) is 0.832. The number of carbonyl (C=O) groups excluding carboxylic acids is 2. The fourth-order valence-corrected chi connectivity index (χ4v) is 2.55. The van der Waals surface area contributed by atoms with Gasteiger partial charge in [0.25, 0.3) is 11.7 Å². The van der Waals surface area contributed by atoms with Gasteiger partial charge in [-0.25, -0.2) is 14.8 Å². The molecule has 1 N–H and O–H groups in total. The Morgan fingerprint density at radius 3 is 2.57 bits per heavy atom. The van der Waals surface area contributed by atoms with Crippen molar-refractivity contribution in [1.82, 2.24) is 14.5 Å². The molecular formula is C15H16N4O4. The molecule has 8 nitrogen and oxygen atoms in total. The minimum atomic E-state index is -0.820. The average Bonchev–Trinajstić information content (AvgIpc) is 2.98. The van der Waals surface area contributed by atoms with Gasteiger partial charge in [0, 0.05) is 13.1 Å². The number of benzene rings is 1. The fourth-order valence-electron chi connectivity index (χ4n) is 2.55. The van der Waals surface area contributed by atoms with Crippen LogP contribution >= 0.6 is 0 Å². The van der Waals surface area contributed by atoms with Crippen molar-refractivity contribution < 1.29 is 19.4 Å². The number of hydroxylamine groups is 1. The smallest absolute Gasteiger partial charge is 0.430 e. The lowest BCUT2D eigenvalue weighted by molar-refractivity contribution is -0.690. The third kappa shape index (κ3) is 2.47. The van der Waals surface area contributed by atoms with Crippen LogP contribution in [0, 0.1) is 5.21 Å². The Morgan fingerprint density at radius 2 is 1.96 bits per heavy atom. The molecule has 2 aromatic rings. The maximum absolute atomic E-state index is 12.4. The van der Waals surface area contributed by atoms with Crippen molar-refractivity contribution in [2.24, 2.45) is 0 Å². The molecule has 0 spiro atoms. The molecule has 120 valence electrons. The van der Waals surface area contributed by atoms with Crippen molar-refractivity contribution in [3.63, 3.8) is 0 Å². The number of fused-ring (bicyclic) bond motifs is 1. The van der Waals surface area contributed by atoms with E-state index >= 15 is 0 Å². The number of carbonyl (C=O) groups is 2. The highest BCUT2D eigenvalue weighted by Crippen LogP contribution is 2.19. The molecule has 1 aromatic carbocycles. The number of imide groups is 1. The molecule has 1 aliphatic heterocycles. The summed E-state index contributed by atoms with van der Waals surface area (Å²) in [5.74, 6) is 0.173. The number of rotatable bonds is 4. The molecule has 3 amide bonds. The zero-order valence-corrected chi connectivity index (χ0v) is 12.8. The summed E-state index contributed by atoms with van der Waals surface area (Å²) in [4.78, 5) is 29.2. The number of hydrogen-bond acceptors (Lipinski definition) is 5.